The van der Waals surface area contributed by atoms with Crippen molar-refractivity contribution in [2.75, 3.05) is 44.6 Å². The summed E-state index contributed by atoms with van der Waals surface area (Å²) < 4.78 is 1.16. The number of benzene rings is 1. The standard InChI is InChI=1S/C27H31N7OS/c1-18(2)32-11-13-34(14-12-32)27(35)33-9-6-19(7-10-33)24-16-21-22(5-8-28-26(21)31-24)30-20-3-4-23-25(15-20)36-17-29-23/h3-6,8,15-18H,7,9-14H2,1-2H3,(H2,28,30,31). The van der Waals surface area contributed by atoms with Crippen molar-refractivity contribution in [1.82, 2.24) is 29.7 Å². The summed E-state index contributed by atoms with van der Waals surface area (Å²) in [5.74, 6) is 0. The molecule has 1 saturated heterocycles. The Morgan fingerprint density at radius 3 is 2.69 bits per heavy atom. The molecule has 2 N–H and O–H groups in total. The van der Waals surface area contributed by atoms with Gasteiger partial charge in [-0.2, -0.15) is 0 Å². The van der Waals surface area contributed by atoms with Crippen LogP contribution in [0.2, 0.25) is 0 Å². The van der Waals surface area contributed by atoms with Crippen LogP contribution in [0.15, 0.2) is 48.1 Å². The number of hydrogen-bond donors (Lipinski definition) is 2. The lowest BCUT2D eigenvalue weighted by molar-refractivity contribution is 0.101. The largest absolute Gasteiger partial charge is 0.355 e. The van der Waals surface area contributed by atoms with Crippen LogP contribution in [-0.2, 0) is 0 Å². The molecule has 1 fully saturated rings. The van der Waals surface area contributed by atoms with E-state index in [1.807, 2.05) is 33.6 Å². The highest BCUT2D eigenvalue weighted by Gasteiger charge is 2.27. The summed E-state index contributed by atoms with van der Waals surface area (Å²) >= 11 is 1.64. The van der Waals surface area contributed by atoms with Crippen LogP contribution in [0, 0.1) is 0 Å². The maximum atomic E-state index is 13.1. The van der Waals surface area contributed by atoms with Gasteiger partial charge in [-0.3, -0.25) is 4.90 Å². The lowest BCUT2D eigenvalue weighted by Crippen LogP contribution is -2.54. The number of urea groups is 1. The number of pyridine rings is 1. The first-order valence-corrected chi connectivity index (χ1v) is 13.5. The number of thiazole rings is 1. The van der Waals surface area contributed by atoms with Gasteiger partial charge in [0.15, 0.2) is 0 Å². The first kappa shape index (κ1) is 23.0. The third-order valence-electron chi connectivity index (χ3n) is 7.28. The van der Waals surface area contributed by atoms with Crippen LogP contribution < -0.4 is 5.32 Å². The zero-order valence-corrected chi connectivity index (χ0v) is 21.5. The van der Waals surface area contributed by atoms with Gasteiger partial charge in [0.25, 0.3) is 0 Å². The third-order valence-corrected chi connectivity index (χ3v) is 8.07. The molecule has 6 rings (SSSR count). The summed E-state index contributed by atoms with van der Waals surface area (Å²) in [6.07, 6.45) is 4.83. The SMILES string of the molecule is CC(C)N1CCN(C(=O)N2CC=C(c3cc4c(Nc5ccc6ncsc6c5)ccnc4[nH]3)CC2)CC1. The fourth-order valence-corrected chi connectivity index (χ4v) is 5.83. The maximum absolute atomic E-state index is 13.1. The number of hydrogen-bond acceptors (Lipinski definition) is 6. The highest BCUT2D eigenvalue weighted by molar-refractivity contribution is 7.16. The summed E-state index contributed by atoms with van der Waals surface area (Å²) in [4.78, 5) is 31.9. The number of piperazine rings is 1. The Bertz CT molecular complexity index is 1430. The molecule has 0 saturated carbocycles. The van der Waals surface area contributed by atoms with Crippen LogP contribution in [0.3, 0.4) is 0 Å². The average Bonchev–Trinajstić information content (AvgIpc) is 3.56. The molecular formula is C27H31N7OS. The molecular weight excluding hydrogens is 470 g/mol. The second kappa shape index (κ2) is 9.55. The molecule has 2 aliphatic heterocycles. The molecule has 0 aliphatic carbocycles. The van der Waals surface area contributed by atoms with E-state index in [1.165, 1.54) is 5.57 Å². The van der Waals surface area contributed by atoms with Gasteiger partial charge in [-0.05, 0) is 56.2 Å². The number of H-pyrrole nitrogens is 1. The van der Waals surface area contributed by atoms with Crippen molar-refractivity contribution < 1.29 is 4.79 Å². The summed E-state index contributed by atoms with van der Waals surface area (Å²) in [5.41, 5.74) is 8.10. The normalized spacial score (nSPS) is 17.2. The van der Waals surface area contributed by atoms with E-state index in [9.17, 15) is 4.79 Å². The monoisotopic (exact) mass is 501 g/mol. The van der Waals surface area contributed by atoms with Crippen LogP contribution in [0.25, 0.3) is 26.8 Å². The number of anilines is 2. The highest BCUT2D eigenvalue weighted by Crippen LogP contribution is 2.31. The first-order chi connectivity index (χ1) is 17.5. The van der Waals surface area contributed by atoms with E-state index in [1.54, 1.807) is 11.3 Å². The minimum Gasteiger partial charge on any atom is -0.355 e. The number of nitrogens with zero attached hydrogens (tertiary/aromatic N) is 5. The van der Waals surface area contributed by atoms with E-state index in [4.69, 9.17) is 0 Å². The van der Waals surface area contributed by atoms with Crippen molar-refractivity contribution in [2.24, 2.45) is 0 Å². The molecule has 0 unspecified atom stereocenters. The van der Waals surface area contributed by atoms with E-state index in [2.05, 4.69) is 63.3 Å². The van der Waals surface area contributed by atoms with Gasteiger partial charge in [0, 0.05) is 68.3 Å². The van der Waals surface area contributed by atoms with Crippen molar-refractivity contribution in [3.63, 3.8) is 0 Å². The average molecular weight is 502 g/mol. The van der Waals surface area contributed by atoms with Gasteiger partial charge in [0.05, 0.1) is 21.4 Å². The Labute approximate surface area is 214 Å². The molecule has 9 heteroatoms. The molecule has 5 heterocycles. The van der Waals surface area contributed by atoms with Crippen molar-refractivity contribution >= 4 is 55.6 Å². The highest BCUT2D eigenvalue weighted by atomic mass is 32.1. The van der Waals surface area contributed by atoms with Crippen molar-refractivity contribution in [3.05, 3.63) is 53.8 Å². The van der Waals surface area contributed by atoms with Gasteiger partial charge in [-0.1, -0.05) is 6.08 Å². The van der Waals surface area contributed by atoms with Crippen LogP contribution >= 0.6 is 11.3 Å². The number of rotatable bonds is 4. The van der Waals surface area contributed by atoms with Gasteiger partial charge in [0.2, 0.25) is 0 Å². The van der Waals surface area contributed by atoms with Gasteiger partial charge in [-0.15, -0.1) is 11.3 Å². The van der Waals surface area contributed by atoms with Crippen LogP contribution in [0.1, 0.15) is 26.0 Å². The minimum atomic E-state index is 0.163. The molecule has 1 aromatic carbocycles. The van der Waals surface area contributed by atoms with E-state index in [0.717, 1.165) is 77.5 Å². The summed E-state index contributed by atoms with van der Waals surface area (Å²) in [7, 11) is 0. The van der Waals surface area contributed by atoms with Crippen LogP contribution in [-0.4, -0.2) is 81.0 Å². The number of carbonyl (C=O) groups is 1. The Morgan fingerprint density at radius 1 is 1.06 bits per heavy atom. The van der Waals surface area contributed by atoms with Gasteiger partial charge in [-0.25, -0.2) is 14.8 Å². The van der Waals surface area contributed by atoms with Gasteiger partial charge >= 0.3 is 6.03 Å². The molecule has 186 valence electrons. The van der Waals surface area contributed by atoms with E-state index in [0.29, 0.717) is 12.6 Å². The molecule has 3 aromatic heterocycles. The molecule has 2 amide bonds. The zero-order valence-electron chi connectivity index (χ0n) is 20.7. The number of amides is 2. The van der Waals surface area contributed by atoms with Crippen LogP contribution in [0.4, 0.5) is 16.2 Å². The number of fused-ring (bicyclic) bond motifs is 2. The van der Waals surface area contributed by atoms with E-state index < -0.39 is 0 Å². The second-order valence-corrected chi connectivity index (χ2v) is 10.7. The van der Waals surface area contributed by atoms with Gasteiger partial charge < -0.3 is 20.1 Å². The van der Waals surface area contributed by atoms with Crippen molar-refractivity contribution in [3.8, 4) is 0 Å². The summed E-state index contributed by atoms with van der Waals surface area (Å²) in [6, 6.07) is 11.1. The number of aromatic amines is 1. The first-order valence-electron chi connectivity index (χ1n) is 12.6. The minimum absolute atomic E-state index is 0.163. The lowest BCUT2D eigenvalue weighted by Gasteiger charge is -2.39. The Morgan fingerprint density at radius 2 is 1.92 bits per heavy atom. The topological polar surface area (TPSA) is 80.4 Å². The number of carbonyl (C=O) groups excluding carboxylic acids is 1. The fourth-order valence-electron chi connectivity index (χ4n) is 5.11. The Balaban J connectivity index is 1.15. The lowest BCUT2D eigenvalue weighted by atomic mass is 10.0. The number of nitrogens with one attached hydrogen (secondary N) is 2. The molecule has 0 spiro atoms. The summed E-state index contributed by atoms with van der Waals surface area (Å²) in [5, 5.41) is 4.61. The Hall–Kier alpha value is -3.43. The molecule has 2 aliphatic rings. The molecule has 0 radical (unpaired) electrons. The van der Waals surface area contributed by atoms with Crippen LogP contribution in [0.5, 0.6) is 0 Å². The summed E-state index contributed by atoms with van der Waals surface area (Å²) in [6.45, 7) is 9.33. The van der Waals surface area contributed by atoms with Crippen molar-refractivity contribution in [2.45, 2.75) is 26.3 Å². The third kappa shape index (κ3) is 4.44. The quantitative estimate of drug-likeness (QED) is 0.404. The maximum Gasteiger partial charge on any atom is 0.320 e. The zero-order chi connectivity index (χ0) is 24.6. The molecule has 4 aromatic rings. The molecule has 0 bridgehead atoms. The molecule has 8 nitrogen and oxygen atoms in total. The van der Waals surface area contributed by atoms with E-state index in [-0.39, 0.29) is 6.03 Å². The molecule has 36 heavy (non-hydrogen) atoms. The predicted octanol–water partition coefficient (Wildman–Crippen LogP) is 5.15. The number of aromatic nitrogens is 3. The smallest absolute Gasteiger partial charge is 0.320 e. The van der Waals surface area contributed by atoms with Gasteiger partial charge in [0.1, 0.15) is 5.65 Å². The predicted molar refractivity (Wildman–Crippen MR) is 147 cm³/mol. The van der Waals surface area contributed by atoms with Crippen molar-refractivity contribution in [1.29, 1.82) is 0 Å². The second-order valence-electron chi connectivity index (χ2n) is 9.79. The molecule has 0 atom stereocenters. The fraction of sp³-hybridized carbons (Fsp3) is 0.370. The Kier molecular flexibility index (Phi) is 6.10. The van der Waals surface area contributed by atoms with E-state index >= 15 is 0 Å².